The molecule has 1 aliphatic carbocycles. The highest BCUT2D eigenvalue weighted by molar-refractivity contribution is 5.96. The van der Waals surface area contributed by atoms with Crippen molar-refractivity contribution in [2.45, 2.75) is 26.2 Å². The number of nitrogens with zero attached hydrogens (tertiary/aromatic N) is 2. The Balaban J connectivity index is 1.50. The van der Waals surface area contributed by atoms with Crippen LogP contribution in [0.15, 0.2) is 53.6 Å². The average Bonchev–Trinajstić information content (AvgIpc) is 3.13. The number of hydrogen-bond donors (Lipinski definition) is 2. The van der Waals surface area contributed by atoms with Gasteiger partial charge in [0, 0.05) is 11.1 Å². The summed E-state index contributed by atoms with van der Waals surface area (Å²) >= 11 is 0. The number of fused-ring (bicyclic) bond motifs is 3. The van der Waals surface area contributed by atoms with Crippen LogP contribution in [-0.4, -0.2) is 22.3 Å². The summed E-state index contributed by atoms with van der Waals surface area (Å²) in [6.07, 6.45) is 4.36. The predicted molar refractivity (Wildman–Crippen MR) is 102 cm³/mol. The third-order valence-corrected chi connectivity index (χ3v) is 4.78. The van der Waals surface area contributed by atoms with Crippen LogP contribution >= 0.6 is 0 Å². The summed E-state index contributed by atoms with van der Waals surface area (Å²) in [5.41, 5.74) is 9.51. The molecule has 0 bridgehead atoms. The molecule has 0 saturated carbocycles. The molecule has 1 aromatic heterocycles. The van der Waals surface area contributed by atoms with E-state index < -0.39 is 0 Å². The molecule has 0 unspecified atom stereocenters. The molecule has 1 amide bonds. The lowest BCUT2D eigenvalue weighted by molar-refractivity contribution is 0.0949. The molecule has 4 rings (SSSR count). The highest BCUT2D eigenvalue weighted by Crippen LogP contribution is 2.33. The normalized spacial score (nSPS) is 12.7. The number of aromatic nitrogens is 2. The quantitative estimate of drug-likeness (QED) is 0.562. The number of aromatic amines is 1. The number of carbonyl (C=O) groups excluding carboxylic acids is 1. The van der Waals surface area contributed by atoms with Crippen LogP contribution in [0.3, 0.4) is 0 Å². The van der Waals surface area contributed by atoms with Crippen molar-refractivity contribution in [3.8, 4) is 11.3 Å². The van der Waals surface area contributed by atoms with E-state index in [9.17, 15) is 4.79 Å². The Morgan fingerprint density at radius 2 is 2.00 bits per heavy atom. The minimum atomic E-state index is -0.264. The van der Waals surface area contributed by atoms with Gasteiger partial charge in [0.15, 0.2) is 0 Å². The van der Waals surface area contributed by atoms with Crippen LogP contribution in [0.4, 0.5) is 0 Å². The van der Waals surface area contributed by atoms with Gasteiger partial charge in [-0.25, -0.2) is 5.43 Å². The molecule has 26 heavy (non-hydrogen) atoms. The minimum absolute atomic E-state index is 0.264. The van der Waals surface area contributed by atoms with Gasteiger partial charge in [0.25, 0.3) is 5.91 Å². The van der Waals surface area contributed by atoms with Crippen molar-refractivity contribution in [1.82, 2.24) is 15.6 Å². The van der Waals surface area contributed by atoms with Crippen LogP contribution in [0.25, 0.3) is 11.3 Å². The fourth-order valence-corrected chi connectivity index (χ4v) is 3.31. The number of H-pyrrole nitrogens is 1. The van der Waals surface area contributed by atoms with Crippen LogP contribution in [-0.2, 0) is 19.3 Å². The Kier molecular flexibility index (Phi) is 4.35. The topological polar surface area (TPSA) is 70.1 Å². The Labute approximate surface area is 152 Å². The predicted octanol–water partition coefficient (Wildman–Crippen LogP) is 3.50. The van der Waals surface area contributed by atoms with Gasteiger partial charge in [0.1, 0.15) is 5.69 Å². The van der Waals surface area contributed by atoms with Crippen molar-refractivity contribution in [3.05, 3.63) is 76.5 Å². The second-order valence-electron chi connectivity index (χ2n) is 6.38. The number of nitrogens with one attached hydrogen (secondary N) is 2. The van der Waals surface area contributed by atoms with Crippen LogP contribution < -0.4 is 5.43 Å². The van der Waals surface area contributed by atoms with Gasteiger partial charge in [0.05, 0.1) is 11.9 Å². The van der Waals surface area contributed by atoms with E-state index in [1.807, 2.05) is 30.3 Å². The monoisotopic (exact) mass is 344 g/mol. The number of amides is 1. The molecule has 0 atom stereocenters. The third kappa shape index (κ3) is 3.04. The number of benzene rings is 2. The highest BCUT2D eigenvalue weighted by Gasteiger charge is 2.24. The SMILES string of the molecule is CCc1ccc(C=NNC(=O)c2[nH]nc3c2CCc2ccccc2-3)cc1. The molecule has 130 valence electrons. The molecule has 1 heterocycles. The van der Waals surface area contributed by atoms with E-state index in [-0.39, 0.29) is 5.91 Å². The summed E-state index contributed by atoms with van der Waals surface area (Å²) in [5.74, 6) is -0.264. The van der Waals surface area contributed by atoms with Crippen molar-refractivity contribution in [3.63, 3.8) is 0 Å². The van der Waals surface area contributed by atoms with E-state index in [4.69, 9.17) is 0 Å². The second-order valence-corrected chi connectivity index (χ2v) is 6.38. The first-order valence-electron chi connectivity index (χ1n) is 8.84. The number of carbonyl (C=O) groups is 1. The molecule has 0 saturated heterocycles. The van der Waals surface area contributed by atoms with Gasteiger partial charge in [0.2, 0.25) is 0 Å². The maximum absolute atomic E-state index is 12.5. The Morgan fingerprint density at radius 1 is 1.19 bits per heavy atom. The Bertz CT molecular complexity index is 970. The Hall–Kier alpha value is -3.21. The van der Waals surface area contributed by atoms with E-state index in [0.717, 1.165) is 41.6 Å². The van der Waals surface area contributed by atoms with Gasteiger partial charge in [-0.05, 0) is 36.0 Å². The standard InChI is InChI=1S/C21H20N4O/c1-2-14-7-9-15(10-8-14)13-22-25-21(26)20-18-12-11-16-5-3-4-6-17(16)19(18)23-24-20/h3-10,13H,2,11-12H2,1H3,(H,23,24)(H,25,26). The maximum Gasteiger partial charge on any atom is 0.289 e. The summed E-state index contributed by atoms with van der Waals surface area (Å²) < 4.78 is 0. The lowest BCUT2D eigenvalue weighted by atomic mass is 9.89. The van der Waals surface area contributed by atoms with Crippen molar-refractivity contribution in [1.29, 1.82) is 0 Å². The zero-order chi connectivity index (χ0) is 17.9. The molecular formula is C21H20N4O. The van der Waals surface area contributed by atoms with Gasteiger partial charge in [-0.2, -0.15) is 10.2 Å². The smallest absolute Gasteiger partial charge is 0.272 e. The molecule has 0 aliphatic heterocycles. The van der Waals surface area contributed by atoms with Crippen molar-refractivity contribution in [2.75, 3.05) is 0 Å². The number of hydrazone groups is 1. The third-order valence-electron chi connectivity index (χ3n) is 4.78. The molecule has 3 aromatic rings. The Morgan fingerprint density at radius 3 is 2.81 bits per heavy atom. The summed E-state index contributed by atoms with van der Waals surface area (Å²) in [7, 11) is 0. The minimum Gasteiger partial charge on any atom is -0.272 e. The van der Waals surface area contributed by atoms with Gasteiger partial charge in [-0.3, -0.25) is 9.89 Å². The molecule has 5 nitrogen and oxygen atoms in total. The number of hydrogen-bond acceptors (Lipinski definition) is 3. The van der Waals surface area contributed by atoms with Gasteiger partial charge in [-0.15, -0.1) is 0 Å². The molecule has 1 aliphatic rings. The molecule has 2 aromatic carbocycles. The van der Waals surface area contributed by atoms with Crippen LogP contribution in [0.1, 0.15) is 39.7 Å². The van der Waals surface area contributed by atoms with Gasteiger partial charge >= 0.3 is 0 Å². The molecule has 0 fully saturated rings. The van der Waals surface area contributed by atoms with Crippen molar-refractivity contribution in [2.24, 2.45) is 5.10 Å². The van der Waals surface area contributed by atoms with Crippen molar-refractivity contribution >= 4 is 12.1 Å². The lowest BCUT2D eigenvalue weighted by Crippen LogP contribution is -2.20. The van der Waals surface area contributed by atoms with Crippen molar-refractivity contribution < 1.29 is 4.79 Å². The van der Waals surface area contributed by atoms with E-state index >= 15 is 0 Å². The second kappa shape index (κ2) is 6.96. The van der Waals surface area contributed by atoms with Gasteiger partial charge in [-0.1, -0.05) is 55.5 Å². The highest BCUT2D eigenvalue weighted by atomic mass is 16.2. The average molecular weight is 344 g/mol. The van der Waals surface area contributed by atoms with Gasteiger partial charge < -0.3 is 0 Å². The maximum atomic E-state index is 12.5. The van der Waals surface area contributed by atoms with E-state index in [2.05, 4.69) is 45.8 Å². The number of rotatable bonds is 4. The van der Waals surface area contributed by atoms with Crippen LogP contribution in [0.2, 0.25) is 0 Å². The molecule has 0 spiro atoms. The molecule has 0 radical (unpaired) electrons. The summed E-state index contributed by atoms with van der Waals surface area (Å²) in [5, 5.41) is 11.3. The first kappa shape index (κ1) is 16.3. The summed E-state index contributed by atoms with van der Waals surface area (Å²) in [6.45, 7) is 2.12. The zero-order valence-corrected chi connectivity index (χ0v) is 14.6. The molecule has 5 heteroatoms. The van der Waals surface area contributed by atoms with E-state index in [1.165, 1.54) is 11.1 Å². The summed E-state index contributed by atoms with van der Waals surface area (Å²) in [4.78, 5) is 12.5. The molecule has 2 N–H and O–H groups in total. The lowest BCUT2D eigenvalue weighted by Gasteiger charge is -2.15. The molecular weight excluding hydrogens is 324 g/mol. The largest absolute Gasteiger partial charge is 0.289 e. The fraction of sp³-hybridized carbons (Fsp3) is 0.190. The number of aryl methyl sites for hydroxylation is 2. The van der Waals surface area contributed by atoms with Crippen LogP contribution in [0.5, 0.6) is 0 Å². The van der Waals surface area contributed by atoms with E-state index in [0.29, 0.717) is 5.69 Å². The van der Waals surface area contributed by atoms with E-state index in [1.54, 1.807) is 6.21 Å². The zero-order valence-electron chi connectivity index (χ0n) is 14.6. The first-order chi connectivity index (χ1) is 12.8. The fourth-order valence-electron chi connectivity index (χ4n) is 3.31. The van der Waals surface area contributed by atoms with Crippen LogP contribution in [0, 0.1) is 0 Å². The first-order valence-corrected chi connectivity index (χ1v) is 8.84. The summed E-state index contributed by atoms with van der Waals surface area (Å²) in [6, 6.07) is 16.3.